The summed E-state index contributed by atoms with van der Waals surface area (Å²) in [5.74, 6) is 0.142. The number of fused-ring (bicyclic) bond motifs is 1. The number of para-hydroxylation sites is 1. The predicted molar refractivity (Wildman–Crippen MR) is 59.5 cm³/mol. The van der Waals surface area contributed by atoms with Crippen molar-refractivity contribution in [1.29, 1.82) is 0 Å². The fourth-order valence-electron chi connectivity index (χ4n) is 2.13. The molecule has 0 amide bonds. The molecule has 2 aromatic rings. The standard InChI is InChI=1S/C13H12O3/c14-13(9-5-6-15-7-9)11-8-16-12-4-2-1-3-10(11)12/h1-4,8-9H,5-7H2. The van der Waals surface area contributed by atoms with Crippen molar-refractivity contribution in [2.24, 2.45) is 5.92 Å². The van der Waals surface area contributed by atoms with Crippen molar-refractivity contribution in [1.82, 2.24) is 0 Å². The Hall–Kier alpha value is -1.61. The summed E-state index contributed by atoms with van der Waals surface area (Å²) in [6.07, 6.45) is 2.38. The first-order valence-corrected chi connectivity index (χ1v) is 5.44. The van der Waals surface area contributed by atoms with Gasteiger partial charge >= 0.3 is 0 Å². The van der Waals surface area contributed by atoms with Crippen LogP contribution in [0.3, 0.4) is 0 Å². The first-order chi connectivity index (χ1) is 7.86. The van der Waals surface area contributed by atoms with Gasteiger partial charge in [0.15, 0.2) is 5.78 Å². The number of ketones is 1. The highest BCUT2D eigenvalue weighted by molar-refractivity contribution is 6.08. The van der Waals surface area contributed by atoms with Crippen LogP contribution in [0.15, 0.2) is 34.9 Å². The van der Waals surface area contributed by atoms with E-state index in [1.807, 2.05) is 24.3 Å². The second-order valence-corrected chi connectivity index (χ2v) is 4.07. The van der Waals surface area contributed by atoms with Crippen LogP contribution in [0.5, 0.6) is 0 Å². The molecule has 1 aliphatic heterocycles. The van der Waals surface area contributed by atoms with Crippen LogP contribution in [0.25, 0.3) is 11.0 Å². The van der Waals surface area contributed by atoms with Gasteiger partial charge in [0.2, 0.25) is 0 Å². The number of hydrogen-bond acceptors (Lipinski definition) is 3. The highest BCUT2D eigenvalue weighted by Crippen LogP contribution is 2.26. The lowest BCUT2D eigenvalue weighted by molar-refractivity contribution is 0.0901. The van der Waals surface area contributed by atoms with Gasteiger partial charge in [-0.2, -0.15) is 0 Å². The zero-order chi connectivity index (χ0) is 11.0. The topological polar surface area (TPSA) is 39.4 Å². The van der Waals surface area contributed by atoms with Gasteiger partial charge in [-0.3, -0.25) is 4.79 Å². The first-order valence-electron chi connectivity index (χ1n) is 5.44. The molecule has 0 aliphatic carbocycles. The lowest BCUT2D eigenvalue weighted by atomic mass is 9.97. The largest absolute Gasteiger partial charge is 0.464 e. The highest BCUT2D eigenvalue weighted by atomic mass is 16.5. The molecule has 1 saturated heterocycles. The SMILES string of the molecule is O=C(c1coc2ccccc12)C1CCOC1. The van der Waals surface area contributed by atoms with Gasteiger partial charge in [0, 0.05) is 17.9 Å². The molecule has 1 aromatic heterocycles. The summed E-state index contributed by atoms with van der Waals surface area (Å²) >= 11 is 0. The zero-order valence-corrected chi connectivity index (χ0v) is 8.81. The molecule has 3 heteroatoms. The van der Waals surface area contributed by atoms with E-state index in [2.05, 4.69) is 0 Å². The summed E-state index contributed by atoms with van der Waals surface area (Å²) < 4.78 is 10.6. The molecule has 0 radical (unpaired) electrons. The Balaban J connectivity index is 2.02. The van der Waals surface area contributed by atoms with Gasteiger partial charge < -0.3 is 9.15 Å². The molecular weight excluding hydrogens is 204 g/mol. The molecule has 1 aromatic carbocycles. The molecule has 0 spiro atoms. The molecule has 82 valence electrons. The van der Waals surface area contributed by atoms with Crippen molar-refractivity contribution >= 4 is 16.8 Å². The molecule has 3 nitrogen and oxygen atoms in total. The van der Waals surface area contributed by atoms with Gasteiger partial charge in [0.1, 0.15) is 11.8 Å². The van der Waals surface area contributed by atoms with Crippen molar-refractivity contribution < 1.29 is 13.9 Å². The third-order valence-corrected chi connectivity index (χ3v) is 3.05. The third-order valence-electron chi connectivity index (χ3n) is 3.05. The van der Waals surface area contributed by atoms with Crippen molar-refractivity contribution in [3.63, 3.8) is 0 Å². The minimum atomic E-state index is 0.000932. The summed E-state index contributed by atoms with van der Waals surface area (Å²) in [5, 5.41) is 0.902. The van der Waals surface area contributed by atoms with Gasteiger partial charge in [-0.1, -0.05) is 18.2 Å². The highest BCUT2D eigenvalue weighted by Gasteiger charge is 2.26. The molecule has 0 N–H and O–H groups in total. The Labute approximate surface area is 93.0 Å². The first kappa shape index (κ1) is 9.60. The second kappa shape index (κ2) is 3.76. The van der Waals surface area contributed by atoms with Gasteiger partial charge in [-0.15, -0.1) is 0 Å². The maximum Gasteiger partial charge on any atom is 0.172 e. The monoisotopic (exact) mass is 216 g/mol. The Morgan fingerprint density at radius 2 is 2.19 bits per heavy atom. The van der Waals surface area contributed by atoms with Crippen LogP contribution >= 0.6 is 0 Å². The molecule has 1 atom stereocenters. The minimum absolute atomic E-state index is 0.000932. The van der Waals surface area contributed by atoms with E-state index >= 15 is 0 Å². The van der Waals surface area contributed by atoms with Crippen molar-refractivity contribution in [2.75, 3.05) is 13.2 Å². The fourth-order valence-corrected chi connectivity index (χ4v) is 2.13. The van der Waals surface area contributed by atoms with Crippen molar-refractivity contribution in [2.45, 2.75) is 6.42 Å². The van der Waals surface area contributed by atoms with Crippen LogP contribution < -0.4 is 0 Å². The zero-order valence-electron chi connectivity index (χ0n) is 8.81. The van der Waals surface area contributed by atoms with E-state index in [1.54, 1.807) is 6.26 Å². The molecule has 0 saturated carbocycles. The van der Waals surface area contributed by atoms with E-state index in [1.165, 1.54) is 0 Å². The molecule has 16 heavy (non-hydrogen) atoms. The van der Waals surface area contributed by atoms with Crippen LogP contribution in [0.1, 0.15) is 16.8 Å². The normalized spacial score (nSPS) is 20.4. The molecule has 1 unspecified atom stereocenters. The van der Waals surface area contributed by atoms with Gasteiger partial charge in [-0.25, -0.2) is 0 Å². The number of carbonyl (C=O) groups excluding carboxylic acids is 1. The lowest BCUT2D eigenvalue weighted by Gasteiger charge is -2.03. The quantitative estimate of drug-likeness (QED) is 0.724. The van der Waals surface area contributed by atoms with Crippen molar-refractivity contribution in [3.8, 4) is 0 Å². The Kier molecular flexibility index (Phi) is 2.26. The Morgan fingerprint density at radius 3 is 3.00 bits per heavy atom. The summed E-state index contributed by atoms with van der Waals surface area (Å²) in [5.41, 5.74) is 1.45. The van der Waals surface area contributed by atoms with E-state index in [-0.39, 0.29) is 11.7 Å². The molecule has 1 aliphatic rings. The number of Topliss-reactive ketones (excluding diaryl/α,β-unsaturated/α-hetero) is 1. The van der Waals surface area contributed by atoms with Crippen LogP contribution in [0, 0.1) is 5.92 Å². The molecule has 1 fully saturated rings. The maximum atomic E-state index is 12.2. The van der Waals surface area contributed by atoms with E-state index in [0.717, 1.165) is 17.4 Å². The number of ether oxygens (including phenoxy) is 1. The molecular formula is C13H12O3. The van der Waals surface area contributed by atoms with E-state index < -0.39 is 0 Å². The van der Waals surface area contributed by atoms with Crippen molar-refractivity contribution in [3.05, 3.63) is 36.1 Å². The molecule has 0 bridgehead atoms. The average molecular weight is 216 g/mol. The number of hydrogen-bond donors (Lipinski definition) is 0. The predicted octanol–water partition coefficient (Wildman–Crippen LogP) is 2.65. The smallest absolute Gasteiger partial charge is 0.172 e. The third kappa shape index (κ3) is 1.44. The summed E-state index contributed by atoms with van der Waals surface area (Å²) in [6.45, 7) is 1.23. The second-order valence-electron chi connectivity index (χ2n) is 4.07. The van der Waals surface area contributed by atoms with Gasteiger partial charge in [-0.05, 0) is 12.5 Å². The van der Waals surface area contributed by atoms with Crippen LogP contribution in [0.2, 0.25) is 0 Å². The molecule has 3 rings (SSSR count). The minimum Gasteiger partial charge on any atom is -0.464 e. The Morgan fingerprint density at radius 1 is 1.31 bits per heavy atom. The average Bonchev–Trinajstić information content (AvgIpc) is 2.98. The van der Waals surface area contributed by atoms with Crippen LogP contribution in [-0.4, -0.2) is 19.0 Å². The van der Waals surface area contributed by atoms with Crippen LogP contribution in [0.4, 0.5) is 0 Å². The summed E-state index contributed by atoms with van der Waals surface area (Å²) in [7, 11) is 0. The van der Waals surface area contributed by atoms with E-state index in [9.17, 15) is 4.79 Å². The Bertz CT molecular complexity index is 521. The van der Waals surface area contributed by atoms with Gasteiger partial charge in [0.25, 0.3) is 0 Å². The number of carbonyl (C=O) groups is 1. The maximum absolute atomic E-state index is 12.2. The number of rotatable bonds is 2. The van der Waals surface area contributed by atoms with Gasteiger partial charge in [0.05, 0.1) is 12.2 Å². The number of furan rings is 1. The summed E-state index contributed by atoms with van der Waals surface area (Å²) in [6, 6.07) is 7.61. The number of benzene rings is 1. The van der Waals surface area contributed by atoms with E-state index in [0.29, 0.717) is 18.8 Å². The van der Waals surface area contributed by atoms with E-state index in [4.69, 9.17) is 9.15 Å². The fraction of sp³-hybridized carbons (Fsp3) is 0.308. The summed E-state index contributed by atoms with van der Waals surface area (Å²) in [4.78, 5) is 12.2. The molecule has 2 heterocycles. The van der Waals surface area contributed by atoms with Crippen LogP contribution in [-0.2, 0) is 4.74 Å². The lowest BCUT2D eigenvalue weighted by Crippen LogP contribution is -2.13.